The van der Waals surface area contributed by atoms with Crippen LogP contribution in [-0.2, 0) is 4.79 Å². The predicted octanol–water partition coefficient (Wildman–Crippen LogP) is 2.46. The number of aryl methyl sites for hydroxylation is 1. The van der Waals surface area contributed by atoms with Crippen LogP contribution in [0.3, 0.4) is 0 Å². The van der Waals surface area contributed by atoms with Crippen molar-refractivity contribution >= 4 is 29.6 Å². The van der Waals surface area contributed by atoms with Crippen molar-refractivity contribution in [1.29, 1.82) is 0 Å². The van der Waals surface area contributed by atoms with Gasteiger partial charge in [0.15, 0.2) is 5.78 Å². The van der Waals surface area contributed by atoms with E-state index in [0.717, 1.165) is 17.3 Å². The average molecular weight is 368 g/mol. The van der Waals surface area contributed by atoms with Gasteiger partial charge in [0.25, 0.3) is 0 Å². The SMILES string of the molecule is CC(=O)c1ccc(-c2ccc(/C=C(/Sc3n[nH]c(C)n3)C(=O)[O-])o2)cc1. The minimum atomic E-state index is -1.35. The second-order valence-corrected chi connectivity index (χ2v) is 6.45. The first-order valence-electron chi connectivity index (χ1n) is 7.63. The van der Waals surface area contributed by atoms with Gasteiger partial charge in [-0.15, -0.1) is 5.10 Å². The molecule has 0 amide bonds. The summed E-state index contributed by atoms with van der Waals surface area (Å²) in [5.74, 6) is 0.135. The fourth-order valence-corrected chi connectivity index (χ4v) is 2.91. The molecule has 26 heavy (non-hydrogen) atoms. The maximum Gasteiger partial charge on any atom is 0.213 e. The molecule has 7 nitrogen and oxygen atoms in total. The van der Waals surface area contributed by atoms with Gasteiger partial charge >= 0.3 is 0 Å². The van der Waals surface area contributed by atoms with E-state index in [1.54, 1.807) is 43.3 Å². The Hall–Kier alpha value is -3.13. The van der Waals surface area contributed by atoms with Gasteiger partial charge in [-0.3, -0.25) is 9.89 Å². The Morgan fingerprint density at radius 3 is 2.50 bits per heavy atom. The summed E-state index contributed by atoms with van der Waals surface area (Å²) in [7, 11) is 0. The number of nitrogens with zero attached hydrogens (tertiary/aromatic N) is 2. The first kappa shape index (κ1) is 17.7. The van der Waals surface area contributed by atoms with E-state index in [9.17, 15) is 14.7 Å². The van der Waals surface area contributed by atoms with Crippen molar-refractivity contribution in [2.75, 3.05) is 0 Å². The molecular formula is C18H14N3O4S-. The summed E-state index contributed by atoms with van der Waals surface area (Å²) in [5, 5.41) is 18.2. The molecule has 0 radical (unpaired) electrons. The van der Waals surface area contributed by atoms with E-state index in [1.165, 1.54) is 13.0 Å². The number of carbonyl (C=O) groups excluding carboxylic acids is 2. The maximum atomic E-state index is 11.4. The normalized spacial score (nSPS) is 11.5. The van der Waals surface area contributed by atoms with Crippen molar-refractivity contribution in [3.05, 3.63) is 58.5 Å². The van der Waals surface area contributed by atoms with Gasteiger partial charge in [-0.05, 0) is 43.8 Å². The van der Waals surface area contributed by atoms with Crippen LogP contribution in [0.25, 0.3) is 17.4 Å². The van der Waals surface area contributed by atoms with Crippen molar-refractivity contribution in [3.8, 4) is 11.3 Å². The topological polar surface area (TPSA) is 112 Å². The number of H-pyrrole nitrogens is 1. The molecule has 0 saturated carbocycles. The zero-order valence-corrected chi connectivity index (χ0v) is 14.8. The number of carboxylic acid groups (broad SMARTS) is 1. The summed E-state index contributed by atoms with van der Waals surface area (Å²) in [4.78, 5) is 26.7. The first-order valence-corrected chi connectivity index (χ1v) is 8.45. The van der Waals surface area contributed by atoms with Crippen LogP contribution in [0.2, 0.25) is 0 Å². The van der Waals surface area contributed by atoms with Crippen LogP contribution in [0.5, 0.6) is 0 Å². The van der Waals surface area contributed by atoms with Crippen LogP contribution in [0, 0.1) is 6.92 Å². The second kappa shape index (κ2) is 7.40. The predicted molar refractivity (Wildman–Crippen MR) is 94.1 cm³/mol. The molecule has 0 bridgehead atoms. The molecule has 0 spiro atoms. The highest BCUT2D eigenvalue weighted by molar-refractivity contribution is 8.04. The van der Waals surface area contributed by atoms with Gasteiger partial charge in [-0.1, -0.05) is 24.3 Å². The van der Waals surface area contributed by atoms with Gasteiger partial charge in [-0.25, -0.2) is 4.98 Å². The Morgan fingerprint density at radius 1 is 1.19 bits per heavy atom. The molecule has 132 valence electrons. The minimum Gasteiger partial charge on any atom is -0.544 e. The van der Waals surface area contributed by atoms with Crippen molar-refractivity contribution in [2.45, 2.75) is 19.0 Å². The Balaban J connectivity index is 1.83. The zero-order chi connectivity index (χ0) is 18.7. The van der Waals surface area contributed by atoms with E-state index in [2.05, 4.69) is 15.2 Å². The molecule has 3 aromatic rings. The average Bonchev–Trinajstić information content (AvgIpc) is 3.23. The molecule has 0 aliphatic carbocycles. The van der Waals surface area contributed by atoms with Crippen LogP contribution < -0.4 is 5.11 Å². The number of aliphatic carboxylic acids is 1. The van der Waals surface area contributed by atoms with Crippen molar-refractivity contribution in [3.63, 3.8) is 0 Å². The molecule has 3 rings (SSSR count). The lowest BCUT2D eigenvalue weighted by Gasteiger charge is -2.04. The third-order valence-electron chi connectivity index (χ3n) is 3.46. The summed E-state index contributed by atoms with van der Waals surface area (Å²) < 4.78 is 5.68. The lowest BCUT2D eigenvalue weighted by Crippen LogP contribution is -2.23. The van der Waals surface area contributed by atoms with Crippen molar-refractivity contribution in [2.24, 2.45) is 0 Å². The first-order chi connectivity index (χ1) is 12.4. The highest BCUT2D eigenvalue weighted by Gasteiger charge is 2.10. The molecular weight excluding hydrogens is 354 g/mol. The smallest absolute Gasteiger partial charge is 0.213 e. The number of Topliss-reactive ketones (excluding diaryl/α,β-unsaturated/α-hetero) is 1. The van der Waals surface area contributed by atoms with Gasteiger partial charge in [-0.2, -0.15) is 0 Å². The van der Waals surface area contributed by atoms with Crippen molar-refractivity contribution in [1.82, 2.24) is 15.2 Å². The Bertz CT molecular complexity index is 986. The number of nitrogens with one attached hydrogen (secondary N) is 1. The van der Waals surface area contributed by atoms with E-state index < -0.39 is 5.97 Å². The molecule has 2 heterocycles. The third kappa shape index (κ3) is 4.09. The number of ketones is 1. The standard InChI is InChI=1S/C18H15N3O4S/c1-10(22)12-3-5-13(6-4-12)15-8-7-14(25-15)9-16(17(23)24)26-18-19-11(2)20-21-18/h3-9H,1-2H3,(H,23,24)(H,19,20,21)/p-1/b16-9+. The largest absolute Gasteiger partial charge is 0.544 e. The number of aromatic amines is 1. The molecule has 8 heteroatoms. The van der Waals surface area contributed by atoms with Crippen LogP contribution >= 0.6 is 11.8 Å². The summed E-state index contributed by atoms with van der Waals surface area (Å²) >= 11 is 0.871. The molecule has 0 fully saturated rings. The second-order valence-electron chi connectivity index (χ2n) is 5.44. The number of carbonyl (C=O) groups is 2. The summed E-state index contributed by atoms with van der Waals surface area (Å²) in [6.45, 7) is 3.22. The van der Waals surface area contributed by atoms with Crippen LogP contribution in [0.4, 0.5) is 0 Å². The molecule has 0 aliphatic heterocycles. The molecule has 0 atom stereocenters. The van der Waals surface area contributed by atoms with Gasteiger partial charge in [0.05, 0.1) is 5.97 Å². The van der Waals surface area contributed by atoms with Gasteiger partial charge in [0, 0.05) is 16.0 Å². The van der Waals surface area contributed by atoms with E-state index in [-0.39, 0.29) is 15.8 Å². The molecule has 0 aliphatic rings. The Morgan fingerprint density at radius 2 is 1.92 bits per heavy atom. The van der Waals surface area contributed by atoms with Crippen molar-refractivity contribution < 1.29 is 19.1 Å². The third-order valence-corrected chi connectivity index (χ3v) is 4.32. The zero-order valence-electron chi connectivity index (χ0n) is 14.0. The highest BCUT2D eigenvalue weighted by atomic mass is 32.2. The van der Waals surface area contributed by atoms with Gasteiger partial charge in [0.2, 0.25) is 5.16 Å². The Labute approximate surface area is 153 Å². The number of benzene rings is 1. The van der Waals surface area contributed by atoms with Crippen LogP contribution in [0.1, 0.15) is 28.9 Å². The molecule has 0 saturated heterocycles. The van der Waals surface area contributed by atoms with Gasteiger partial charge in [0.1, 0.15) is 17.3 Å². The monoisotopic (exact) mass is 368 g/mol. The maximum absolute atomic E-state index is 11.4. The molecule has 0 unspecified atom stereocenters. The lowest BCUT2D eigenvalue weighted by atomic mass is 10.1. The van der Waals surface area contributed by atoms with E-state index in [0.29, 0.717) is 22.9 Å². The fraction of sp³-hybridized carbons (Fsp3) is 0.111. The Kier molecular flexibility index (Phi) is 5.04. The molecule has 1 N–H and O–H groups in total. The summed E-state index contributed by atoms with van der Waals surface area (Å²) in [6.07, 6.45) is 1.36. The molecule has 2 aromatic heterocycles. The number of rotatable bonds is 6. The number of aromatic nitrogens is 3. The van der Waals surface area contributed by atoms with Crippen LogP contribution in [0.15, 0.2) is 50.9 Å². The van der Waals surface area contributed by atoms with E-state index in [4.69, 9.17) is 4.42 Å². The quantitative estimate of drug-likeness (QED) is 0.404. The summed E-state index contributed by atoms with van der Waals surface area (Å²) in [6, 6.07) is 10.3. The molecule has 1 aromatic carbocycles. The van der Waals surface area contributed by atoms with Gasteiger partial charge < -0.3 is 14.3 Å². The number of carboxylic acids is 1. The minimum absolute atomic E-state index is 0.0162. The number of furan rings is 1. The number of thioether (sulfide) groups is 1. The van der Waals surface area contributed by atoms with Crippen LogP contribution in [-0.4, -0.2) is 26.9 Å². The summed E-state index contributed by atoms with van der Waals surface area (Å²) in [5.41, 5.74) is 1.39. The highest BCUT2D eigenvalue weighted by Crippen LogP contribution is 2.28. The lowest BCUT2D eigenvalue weighted by molar-refractivity contribution is -0.298. The van der Waals surface area contributed by atoms with E-state index in [1.807, 2.05) is 0 Å². The fourth-order valence-electron chi connectivity index (χ4n) is 2.18. The number of hydrogen-bond donors (Lipinski definition) is 1. The van der Waals surface area contributed by atoms with E-state index >= 15 is 0 Å². The number of hydrogen-bond acceptors (Lipinski definition) is 7.